The first kappa shape index (κ1) is 36.2. The Balaban J connectivity index is 1.32. The van der Waals surface area contributed by atoms with E-state index in [4.69, 9.17) is 9.47 Å². The molecule has 0 spiro atoms. The van der Waals surface area contributed by atoms with Crippen LogP contribution in [0.15, 0.2) is 11.6 Å². The van der Waals surface area contributed by atoms with Crippen LogP contribution in [0.4, 0.5) is 0 Å². The van der Waals surface area contributed by atoms with E-state index in [9.17, 15) is 50.4 Å². The molecule has 0 bridgehead atoms. The van der Waals surface area contributed by atoms with Gasteiger partial charge in [-0.1, -0.05) is 39.3 Å². The maximum absolute atomic E-state index is 13.0. The third kappa shape index (κ3) is 4.69. The molecule has 4 saturated carbocycles. The molecule has 16 atom stereocenters. The molecule has 12 heteroatoms. The van der Waals surface area contributed by atoms with Crippen molar-refractivity contribution in [1.82, 2.24) is 0 Å². The first-order valence-electron chi connectivity index (χ1n) is 17.7. The Kier molecular flexibility index (Phi) is 8.81. The minimum Gasteiger partial charge on any atom is -0.481 e. The predicted molar refractivity (Wildman–Crippen MR) is 170 cm³/mol. The molecule has 6 rings (SSSR count). The van der Waals surface area contributed by atoms with Crippen LogP contribution in [0.5, 0.6) is 0 Å². The van der Waals surface area contributed by atoms with Gasteiger partial charge in [0.05, 0.1) is 36.3 Å². The molecule has 0 aromatic rings. The highest BCUT2D eigenvalue weighted by Gasteiger charge is 2.71. The van der Waals surface area contributed by atoms with Crippen molar-refractivity contribution in [3.05, 3.63) is 11.6 Å². The normalized spacial score (nSPS) is 54.9. The molecule has 48 heavy (non-hydrogen) atoms. The van der Waals surface area contributed by atoms with E-state index in [1.165, 1.54) is 6.92 Å². The van der Waals surface area contributed by atoms with Crippen LogP contribution in [0.1, 0.15) is 92.4 Å². The Labute approximate surface area is 282 Å². The second-order valence-electron chi connectivity index (χ2n) is 17.5. The minimum atomic E-state index is -1.56. The summed E-state index contributed by atoms with van der Waals surface area (Å²) in [5.74, 6) is -2.40. The molecule has 8 N–H and O–H groups in total. The monoisotopic (exact) mass is 680 g/mol. The standard InChI is InChI=1S/C36H56O12/c1-31-10-9-23(38)33(3,17-47-28-27(42)26(41)25(40)20(16-37)48-28)21(31)8-11-35(5)22(31)7-6-18-19-14-32(2,29(43)44)24(39)15-36(19,30(45)46)13-12-34(18,35)4/h6,19-28,37-42H,7-17H2,1-5H3,(H,43,44)(H,45,46)/t19-,20+,21+,22+,23-,24-,25+,26-,27+,28+,31-,32-,33+,34+,35+,36+/m0/s1. The van der Waals surface area contributed by atoms with Crippen molar-refractivity contribution in [2.75, 3.05) is 13.2 Å². The van der Waals surface area contributed by atoms with Crippen molar-refractivity contribution in [3.8, 4) is 0 Å². The molecule has 1 saturated heterocycles. The second kappa shape index (κ2) is 11.7. The molecular weight excluding hydrogens is 624 g/mol. The van der Waals surface area contributed by atoms with E-state index in [2.05, 4.69) is 26.8 Å². The first-order valence-corrected chi connectivity index (χ1v) is 17.7. The Morgan fingerprint density at radius 1 is 0.833 bits per heavy atom. The molecule has 0 aromatic carbocycles. The summed E-state index contributed by atoms with van der Waals surface area (Å²) in [4.78, 5) is 25.5. The summed E-state index contributed by atoms with van der Waals surface area (Å²) in [6.45, 7) is 9.85. The van der Waals surface area contributed by atoms with Crippen LogP contribution in [-0.4, -0.2) is 109 Å². The Morgan fingerprint density at radius 2 is 1.52 bits per heavy atom. The Bertz CT molecular complexity index is 1340. The SMILES string of the molecule is C[C@]12CC[C@H](O)[C@](C)(CO[C@@H]3O[C@H](CO)[C@@H](O)[C@H](O)[C@H]3O)[C@@H]1CC[C@]1(C)[C@@H]2CC=C2[C@@H]3C[C@](C)(C(=O)O)[C@@H](O)C[C@]3(C(=O)O)CC[C@]21C. The van der Waals surface area contributed by atoms with Crippen molar-refractivity contribution >= 4 is 11.9 Å². The zero-order valence-corrected chi connectivity index (χ0v) is 28.8. The van der Waals surface area contributed by atoms with Gasteiger partial charge in [0.1, 0.15) is 24.4 Å². The van der Waals surface area contributed by atoms with Crippen LogP contribution in [0.3, 0.4) is 0 Å². The maximum atomic E-state index is 13.0. The van der Waals surface area contributed by atoms with E-state index >= 15 is 0 Å². The number of ether oxygens (including phenoxy) is 2. The quantitative estimate of drug-likeness (QED) is 0.189. The van der Waals surface area contributed by atoms with Crippen LogP contribution in [0.2, 0.25) is 0 Å². The lowest BCUT2D eigenvalue weighted by molar-refractivity contribution is -0.315. The first-order chi connectivity index (χ1) is 22.3. The smallest absolute Gasteiger partial charge is 0.312 e. The molecule has 0 radical (unpaired) electrons. The Hall–Kier alpha value is -1.64. The summed E-state index contributed by atoms with van der Waals surface area (Å²) < 4.78 is 11.7. The molecule has 6 aliphatic rings. The summed E-state index contributed by atoms with van der Waals surface area (Å²) in [7, 11) is 0. The number of rotatable bonds is 6. The lowest BCUT2D eigenvalue weighted by Crippen LogP contribution is -2.67. The van der Waals surface area contributed by atoms with Crippen LogP contribution >= 0.6 is 0 Å². The van der Waals surface area contributed by atoms with Gasteiger partial charge < -0.3 is 50.3 Å². The lowest BCUT2D eigenvalue weighted by Gasteiger charge is -2.71. The van der Waals surface area contributed by atoms with E-state index in [1.54, 1.807) is 0 Å². The Morgan fingerprint density at radius 3 is 2.15 bits per heavy atom. The van der Waals surface area contributed by atoms with Crippen LogP contribution < -0.4 is 0 Å². The van der Waals surface area contributed by atoms with Crippen molar-refractivity contribution in [2.24, 2.45) is 50.2 Å². The van der Waals surface area contributed by atoms with Gasteiger partial charge in [-0.2, -0.15) is 0 Å². The summed E-state index contributed by atoms with van der Waals surface area (Å²) in [6.07, 6.45) is -2.24. The number of fused-ring (bicyclic) bond motifs is 7. The van der Waals surface area contributed by atoms with Gasteiger partial charge in [0.25, 0.3) is 0 Å². The average molecular weight is 681 g/mol. The average Bonchev–Trinajstić information content (AvgIpc) is 3.02. The summed E-state index contributed by atoms with van der Waals surface area (Å²) in [5.41, 5.74) is -3.28. The lowest BCUT2D eigenvalue weighted by atomic mass is 9.33. The highest BCUT2D eigenvalue weighted by Crippen LogP contribution is 2.75. The van der Waals surface area contributed by atoms with Gasteiger partial charge in [-0.3, -0.25) is 9.59 Å². The van der Waals surface area contributed by atoms with E-state index in [0.29, 0.717) is 25.7 Å². The molecule has 1 heterocycles. The van der Waals surface area contributed by atoms with Crippen molar-refractivity contribution < 1.29 is 59.9 Å². The minimum absolute atomic E-state index is 0.0112. The number of carboxylic acid groups (broad SMARTS) is 2. The largest absolute Gasteiger partial charge is 0.481 e. The molecule has 5 aliphatic carbocycles. The number of allylic oxidation sites excluding steroid dienone is 2. The molecule has 0 aromatic heterocycles. The number of aliphatic hydroxyl groups is 6. The fourth-order valence-corrected chi connectivity index (χ4v) is 12.2. The molecule has 12 nitrogen and oxygen atoms in total. The molecule has 5 fully saturated rings. The molecule has 0 amide bonds. The summed E-state index contributed by atoms with van der Waals surface area (Å²) in [5, 5.41) is 84.2. The summed E-state index contributed by atoms with van der Waals surface area (Å²) in [6, 6.07) is 0. The topological polar surface area (TPSA) is 214 Å². The van der Waals surface area contributed by atoms with Gasteiger partial charge in [-0.25, -0.2) is 0 Å². The van der Waals surface area contributed by atoms with Crippen molar-refractivity contribution in [2.45, 2.75) is 135 Å². The van der Waals surface area contributed by atoms with Gasteiger partial charge >= 0.3 is 11.9 Å². The molecule has 1 aliphatic heterocycles. The number of hydrogen-bond donors (Lipinski definition) is 8. The van der Waals surface area contributed by atoms with E-state index in [0.717, 1.165) is 24.8 Å². The van der Waals surface area contributed by atoms with E-state index in [-0.39, 0.29) is 42.1 Å². The van der Waals surface area contributed by atoms with Gasteiger partial charge in [0.15, 0.2) is 6.29 Å². The zero-order valence-electron chi connectivity index (χ0n) is 28.8. The molecule has 0 unspecified atom stereocenters. The second-order valence-corrected chi connectivity index (χ2v) is 17.5. The zero-order chi connectivity index (χ0) is 35.4. The van der Waals surface area contributed by atoms with Crippen LogP contribution in [0, 0.1) is 50.2 Å². The van der Waals surface area contributed by atoms with Gasteiger partial charge in [0, 0.05) is 5.41 Å². The number of aliphatic carboxylic acids is 2. The van der Waals surface area contributed by atoms with Crippen molar-refractivity contribution in [3.63, 3.8) is 0 Å². The number of hydrogen-bond acceptors (Lipinski definition) is 10. The van der Waals surface area contributed by atoms with Gasteiger partial charge in [-0.05, 0) is 98.7 Å². The van der Waals surface area contributed by atoms with Crippen LogP contribution in [0.25, 0.3) is 0 Å². The molecular formula is C36H56O12. The van der Waals surface area contributed by atoms with Gasteiger partial charge in [-0.15, -0.1) is 0 Å². The predicted octanol–water partition coefficient (Wildman–Crippen LogP) is 2.07. The maximum Gasteiger partial charge on any atom is 0.312 e. The van der Waals surface area contributed by atoms with Crippen LogP contribution in [-0.2, 0) is 19.1 Å². The fraction of sp³-hybridized carbons (Fsp3) is 0.889. The third-order valence-electron chi connectivity index (χ3n) is 15.7. The molecule has 272 valence electrons. The number of aliphatic hydroxyl groups excluding tert-OH is 6. The van der Waals surface area contributed by atoms with Crippen molar-refractivity contribution in [1.29, 1.82) is 0 Å². The number of carboxylic acids is 2. The van der Waals surface area contributed by atoms with Gasteiger partial charge in [0.2, 0.25) is 0 Å². The number of carbonyl (C=O) groups is 2. The highest BCUT2D eigenvalue weighted by molar-refractivity contribution is 5.80. The summed E-state index contributed by atoms with van der Waals surface area (Å²) >= 11 is 0. The fourth-order valence-electron chi connectivity index (χ4n) is 12.2. The van der Waals surface area contributed by atoms with E-state index < -0.39 is 89.0 Å². The third-order valence-corrected chi connectivity index (χ3v) is 15.7. The van der Waals surface area contributed by atoms with E-state index in [1.807, 2.05) is 6.92 Å². The highest BCUT2D eigenvalue weighted by atomic mass is 16.7.